The Hall–Kier alpha value is -2.67. The molecule has 1 atom stereocenters. The van der Waals surface area contributed by atoms with Gasteiger partial charge in [0.1, 0.15) is 28.7 Å². The van der Waals surface area contributed by atoms with Crippen LogP contribution in [-0.4, -0.2) is 31.8 Å². The molecule has 0 saturated heterocycles. The van der Waals surface area contributed by atoms with E-state index >= 15 is 0 Å². The molecular weight excluding hydrogens is 344 g/mol. The molecule has 0 unspecified atom stereocenters. The molecule has 26 heavy (non-hydrogen) atoms. The molecule has 0 saturated carbocycles. The summed E-state index contributed by atoms with van der Waals surface area (Å²) in [6.45, 7) is 2.86. The van der Waals surface area contributed by atoms with Crippen molar-refractivity contribution < 1.29 is 28.2 Å². The predicted molar refractivity (Wildman–Crippen MR) is 92.5 cm³/mol. The molecule has 0 aliphatic heterocycles. The van der Waals surface area contributed by atoms with E-state index in [-0.39, 0.29) is 17.7 Å². The van der Waals surface area contributed by atoms with Crippen molar-refractivity contribution in [3.05, 3.63) is 58.7 Å². The summed E-state index contributed by atoms with van der Waals surface area (Å²) in [5, 5.41) is 13.0. The molecule has 2 aromatic carbocycles. The molecule has 2 rings (SSSR count). The second-order valence-electron chi connectivity index (χ2n) is 6.09. The topological polar surface area (TPSA) is 67.8 Å². The summed E-state index contributed by atoms with van der Waals surface area (Å²) in [7, 11) is 2.96. The van der Waals surface area contributed by atoms with Gasteiger partial charge in [0.05, 0.1) is 20.8 Å². The van der Waals surface area contributed by atoms with Crippen LogP contribution in [0.15, 0.2) is 30.3 Å². The lowest BCUT2D eigenvalue weighted by atomic mass is 9.95. The molecule has 0 bridgehead atoms. The molecule has 0 spiro atoms. The van der Waals surface area contributed by atoms with Crippen LogP contribution in [0.2, 0.25) is 0 Å². The number of ether oxygens (including phenoxy) is 2. The Morgan fingerprint density at radius 3 is 2.23 bits per heavy atom. The first kappa shape index (κ1) is 19.7. The maximum Gasteiger partial charge on any atom is 0.251 e. The molecule has 0 aromatic heterocycles. The van der Waals surface area contributed by atoms with Crippen LogP contribution in [0.3, 0.4) is 0 Å². The Morgan fingerprint density at radius 1 is 1.15 bits per heavy atom. The summed E-state index contributed by atoms with van der Waals surface area (Å²) in [5.41, 5.74) is -0.823. The lowest BCUT2D eigenvalue weighted by Crippen LogP contribution is -2.39. The Morgan fingerprint density at radius 2 is 1.73 bits per heavy atom. The van der Waals surface area contributed by atoms with Crippen molar-refractivity contribution in [3.63, 3.8) is 0 Å². The Bertz CT molecular complexity index is 796. The van der Waals surface area contributed by atoms with Crippen molar-refractivity contribution >= 4 is 5.91 Å². The first-order chi connectivity index (χ1) is 12.2. The molecule has 0 fully saturated rings. The van der Waals surface area contributed by atoms with E-state index in [0.717, 1.165) is 17.7 Å². The quantitative estimate of drug-likeness (QED) is 0.826. The van der Waals surface area contributed by atoms with Gasteiger partial charge in [-0.3, -0.25) is 4.79 Å². The smallest absolute Gasteiger partial charge is 0.251 e. The van der Waals surface area contributed by atoms with E-state index < -0.39 is 23.1 Å². The van der Waals surface area contributed by atoms with E-state index in [4.69, 9.17) is 9.47 Å². The van der Waals surface area contributed by atoms with Gasteiger partial charge in [0, 0.05) is 22.8 Å². The second kappa shape index (κ2) is 7.70. The minimum Gasteiger partial charge on any atom is -0.496 e. The number of carbonyl (C=O) groups is 1. The van der Waals surface area contributed by atoms with E-state index in [1.165, 1.54) is 21.1 Å². The van der Waals surface area contributed by atoms with Crippen LogP contribution in [0, 0.1) is 18.6 Å². The minimum absolute atomic E-state index is 0.113. The summed E-state index contributed by atoms with van der Waals surface area (Å²) < 4.78 is 37.4. The zero-order valence-corrected chi connectivity index (χ0v) is 15.0. The Balaban J connectivity index is 2.20. The maximum absolute atomic E-state index is 13.9. The summed E-state index contributed by atoms with van der Waals surface area (Å²) in [5.74, 6) is -1.17. The van der Waals surface area contributed by atoms with Gasteiger partial charge in [-0.05, 0) is 32.0 Å². The third kappa shape index (κ3) is 4.11. The van der Waals surface area contributed by atoms with Gasteiger partial charge >= 0.3 is 0 Å². The van der Waals surface area contributed by atoms with Crippen molar-refractivity contribution in [2.24, 2.45) is 0 Å². The Kier molecular flexibility index (Phi) is 5.82. The van der Waals surface area contributed by atoms with Gasteiger partial charge in [-0.15, -0.1) is 0 Å². The van der Waals surface area contributed by atoms with Crippen LogP contribution < -0.4 is 14.8 Å². The molecule has 2 aromatic rings. The lowest BCUT2D eigenvalue weighted by molar-refractivity contribution is 0.0494. The van der Waals surface area contributed by atoms with Crippen LogP contribution in [-0.2, 0) is 5.60 Å². The van der Waals surface area contributed by atoms with Gasteiger partial charge in [-0.2, -0.15) is 0 Å². The lowest BCUT2D eigenvalue weighted by Gasteiger charge is -2.25. The van der Waals surface area contributed by atoms with Gasteiger partial charge in [0.2, 0.25) is 0 Å². The third-order valence-electron chi connectivity index (χ3n) is 4.12. The number of hydrogen-bond acceptors (Lipinski definition) is 4. The normalized spacial score (nSPS) is 13.0. The van der Waals surface area contributed by atoms with Crippen molar-refractivity contribution in [2.45, 2.75) is 19.4 Å². The summed E-state index contributed by atoms with van der Waals surface area (Å²) in [6.07, 6.45) is 0. The van der Waals surface area contributed by atoms with E-state index in [9.17, 15) is 18.7 Å². The second-order valence-corrected chi connectivity index (χ2v) is 6.09. The number of rotatable bonds is 6. The van der Waals surface area contributed by atoms with E-state index in [1.54, 1.807) is 19.1 Å². The average Bonchev–Trinajstić information content (AvgIpc) is 2.59. The van der Waals surface area contributed by atoms with Crippen molar-refractivity contribution in [1.82, 2.24) is 5.32 Å². The molecule has 1 amide bonds. The number of amides is 1. The summed E-state index contributed by atoms with van der Waals surface area (Å²) in [6, 6.07) is 5.96. The highest BCUT2D eigenvalue weighted by Gasteiger charge is 2.28. The molecule has 2 N–H and O–H groups in total. The maximum atomic E-state index is 13.9. The van der Waals surface area contributed by atoms with Crippen molar-refractivity contribution in [3.8, 4) is 11.5 Å². The third-order valence-corrected chi connectivity index (χ3v) is 4.12. The van der Waals surface area contributed by atoms with Gasteiger partial charge in [-0.25, -0.2) is 8.78 Å². The minimum atomic E-state index is -1.72. The van der Waals surface area contributed by atoms with Crippen LogP contribution in [0.25, 0.3) is 0 Å². The van der Waals surface area contributed by atoms with Crippen molar-refractivity contribution in [2.75, 3.05) is 20.8 Å². The number of aliphatic hydroxyl groups is 1. The highest BCUT2D eigenvalue weighted by molar-refractivity contribution is 5.95. The molecule has 7 heteroatoms. The van der Waals surface area contributed by atoms with E-state index in [0.29, 0.717) is 17.6 Å². The largest absolute Gasteiger partial charge is 0.496 e. The standard InChI is InChI=1S/C19H21F2NO4/c1-11-16(25-3)7-12(8-17(11)26-4)18(23)22-10-19(2,24)14-6-5-13(20)9-15(14)21/h5-9,24H,10H2,1-4H3,(H,22,23)/t19-/m1/s1. The highest BCUT2D eigenvalue weighted by Crippen LogP contribution is 2.29. The zero-order chi connectivity index (χ0) is 19.5. The fraction of sp³-hybridized carbons (Fsp3) is 0.316. The number of carbonyl (C=O) groups excluding carboxylic acids is 1. The number of benzene rings is 2. The first-order valence-electron chi connectivity index (χ1n) is 7.88. The SMILES string of the molecule is COc1cc(C(=O)NC[C@@](C)(O)c2ccc(F)cc2F)cc(OC)c1C. The molecule has 5 nitrogen and oxygen atoms in total. The molecular formula is C19H21F2NO4. The number of hydrogen-bond donors (Lipinski definition) is 2. The summed E-state index contributed by atoms with van der Waals surface area (Å²) >= 11 is 0. The Labute approximate surface area is 150 Å². The van der Waals surface area contributed by atoms with Crippen LogP contribution in [0.1, 0.15) is 28.4 Å². The fourth-order valence-corrected chi connectivity index (χ4v) is 2.59. The zero-order valence-electron chi connectivity index (χ0n) is 15.0. The van der Waals surface area contributed by atoms with Gasteiger partial charge in [0.25, 0.3) is 5.91 Å². The predicted octanol–water partition coefficient (Wildman–Crippen LogP) is 2.93. The van der Waals surface area contributed by atoms with Crippen LogP contribution >= 0.6 is 0 Å². The molecule has 140 valence electrons. The highest BCUT2D eigenvalue weighted by atomic mass is 19.1. The van der Waals surface area contributed by atoms with E-state index in [1.807, 2.05) is 0 Å². The van der Waals surface area contributed by atoms with Gasteiger partial charge < -0.3 is 19.9 Å². The van der Waals surface area contributed by atoms with Crippen LogP contribution in [0.4, 0.5) is 8.78 Å². The number of methoxy groups -OCH3 is 2. The average molecular weight is 365 g/mol. The molecule has 0 radical (unpaired) electrons. The number of nitrogens with one attached hydrogen (secondary N) is 1. The molecule has 0 aliphatic carbocycles. The molecule has 0 heterocycles. The first-order valence-corrected chi connectivity index (χ1v) is 7.88. The molecule has 0 aliphatic rings. The van der Waals surface area contributed by atoms with Crippen molar-refractivity contribution in [1.29, 1.82) is 0 Å². The summed E-state index contributed by atoms with van der Waals surface area (Å²) in [4.78, 5) is 12.4. The van der Waals surface area contributed by atoms with Gasteiger partial charge in [0.15, 0.2) is 0 Å². The fourth-order valence-electron chi connectivity index (χ4n) is 2.59. The monoisotopic (exact) mass is 365 g/mol. The number of halogens is 2. The van der Waals surface area contributed by atoms with E-state index in [2.05, 4.69) is 5.32 Å². The van der Waals surface area contributed by atoms with Crippen LogP contribution in [0.5, 0.6) is 11.5 Å². The van der Waals surface area contributed by atoms with Gasteiger partial charge in [-0.1, -0.05) is 6.07 Å².